The van der Waals surface area contributed by atoms with Gasteiger partial charge in [-0.15, -0.1) is 12.4 Å². The van der Waals surface area contributed by atoms with E-state index in [1.165, 1.54) is 0 Å². The molecule has 0 aromatic heterocycles. The van der Waals surface area contributed by atoms with Crippen LogP contribution in [0.5, 0.6) is 0 Å². The highest BCUT2D eigenvalue weighted by Crippen LogP contribution is 2.27. The average Bonchev–Trinajstić information content (AvgIpc) is 2.50. The van der Waals surface area contributed by atoms with Gasteiger partial charge in [0.2, 0.25) is 11.8 Å². The fourth-order valence-corrected chi connectivity index (χ4v) is 2.41. The molecule has 2 atom stereocenters. The van der Waals surface area contributed by atoms with Crippen molar-refractivity contribution < 1.29 is 9.59 Å². The molecule has 0 spiro atoms. The van der Waals surface area contributed by atoms with Crippen molar-refractivity contribution in [1.29, 1.82) is 0 Å². The van der Waals surface area contributed by atoms with Crippen LogP contribution in [0.3, 0.4) is 0 Å². The summed E-state index contributed by atoms with van der Waals surface area (Å²) in [6.45, 7) is 2.61. The molecule has 1 aromatic rings. The number of benzene rings is 1. The monoisotopic (exact) mass is 325 g/mol. The second-order valence-corrected chi connectivity index (χ2v) is 5.58. The molecule has 0 aliphatic carbocycles. The molecule has 0 saturated heterocycles. The molecule has 2 rings (SSSR count). The smallest absolute Gasteiger partial charge is 0.227 e. The van der Waals surface area contributed by atoms with Gasteiger partial charge >= 0.3 is 0 Å². The Morgan fingerprint density at radius 3 is 2.86 bits per heavy atom. The minimum Gasteiger partial charge on any atom is -0.355 e. The van der Waals surface area contributed by atoms with Gasteiger partial charge in [0.1, 0.15) is 0 Å². The fraction of sp³-hybridized carbons (Fsp3) is 0.500. The van der Waals surface area contributed by atoms with Crippen molar-refractivity contribution in [2.75, 3.05) is 18.9 Å². The minimum absolute atomic E-state index is 0. The van der Waals surface area contributed by atoms with Crippen LogP contribution in [0.4, 0.5) is 5.69 Å². The zero-order chi connectivity index (χ0) is 15.2. The lowest BCUT2D eigenvalue weighted by molar-refractivity contribution is -0.122. The number of hydrogen-bond acceptors (Lipinski definition) is 3. The largest absolute Gasteiger partial charge is 0.355 e. The summed E-state index contributed by atoms with van der Waals surface area (Å²) in [6.07, 6.45) is 1.68. The molecule has 1 aromatic carbocycles. The second-order valence-electron chi connectivity index (χ2n) is 5.58. The zero-order valence-corrected chi connectivity index (χ0v) is 13.8. The molecule has 22 heavy (non-hydrogen) atoms. The maximum absolute atomic E-state index is 12.0. The lowest BCUT2D eigenvalue weighted by atomic mass is 9.89. The van der Waals surface area contributed by atoms with Crippen LogP contribution >= 0.6 is 12.4 Å². The highest BCUT2D eigenvalue weighted by molar-refractivity contribution is 5.96. The number of carbonyl (C=O) groups is 2. The van der Waals surface area contributed by atoms with Crippen molar-refractivity contribution in [3.63, 3.8) is 0 Å². The fourth-order valence-electron chi connectivity index (χ4n) is 2.41. The molecule has 0 radical (unpaired) electrons. The first-order chi connectivity index (χ1) is 10.1. The van der Waals surface area contributed by atoms with Gasteiger partial charge in [-0.1, -0.05) is 18.2 Å². The normalized spacial score (nSPS) is 17.7. The number of anilines is 1. The molecule has 0 fully saturated rings. The van der Waals surface area contributed by atoms with Crippen molar-refractivity contribution in [2.24, 2.45) is 5.92 Å². The van der Waals surface area contributed by atoms with Crippen molar-refractivity contribution in [3.8, 4) is 0 Å². The third kappa shape index (κ3) is 5.00. The summed E-state index contributed by atoms with van der Waals surface area (Å²) in [5, 5.41) is 8.85. The summed E-state index contributed by atoms with van der Waals surface area (Å²) in [5.41, 5.74) is 2.04. The first-order valence-corrected chi connectivity index (χ1v) is 7.43. The minimum atomic E-state index is -0.118. The number of halogens is 1. The van der Waals surface area contributed by atoms with Gasteiger partial charge in [0.15, 0.2) is 0 Å². The highest BCUT2D eigenvalue weighted by Gasteiger charge is 2.26. The molecule has 1 heterocycles. The average molecular weight is 326 g/mol. The number of hydrogen-bond donors (Lipinski definition) is 3. The van der Waals surface area contributed by atoms with Crippen molar-refractivity contribution in [2.45, 2.75) is 32.2 Å². The highest BCUT2D eigenvalue weighted by atomic mass is 35.5. The summed E-state index contributed by atoms with van der Waals surface area (Å²) in [5.74, 6) is -0.0961. The van der Waals surface area contributed by atoms with Gasteiger partial charge in [-0.2, -0.15) is 0 Å². The lowest BCUT2D eigenvalue weighted by Gasteiger charge is -2.24. The van der Waals surface area contributed by atoms with Crippen molar-refractivity contribution >= 4 is 29.9 Å². The van der Waals surface area contributed by atoms with Gasteiger partial charge in [0.05, 0.1) is 0 Å². The molecule has 1 aliphatic heterocycles. The summed E-state index contributed by atoms with van der Waals surface area (Å²) < 4.78 is 0. The Hall–Kier alpha value is -1.59. The van der Waals surface area contributed by atoms with E-state index >= 15 is 0 Å². The van der Waals surface area contributed by atoms with E-state index in [-0.39, 0.29) is 36.2 Å². The van der Waals surface area contributed by atoms with E-state index in [0.29, 0.717) is 25.8 Å². The van der Waals surface area contributed by atoms with Crippen LogP contribution < -0.4 is 16.0 Å². The number of likely N-dealkylation sites (N-methyl/N-ethyl adjacent to an activating group) is 1. The van der Waals surface area contributed by atoms with Gasteiger partial charge in [-0.3, -0.25) is 9.59 Å². The van der Waals surface area contributed by atoms with Crippen LogP contribution in [-0.2, 0) is 16.0 Å². The molecule has 1 aliphatic rings. The molecule has 122 valence electrons. The number of carbonyl (C=O) groups excluding carboxylic acids is 2. The summed E-state index contributed by atoms with van der Waals surface area (Å²) >= 11 is 0. The van der Waals surface area contributed by atoms with E-state index in [1.807, 2.05) is 38.2 Å². The Labute approximate surface area is 137 Å². The molecule has 2 unspecified atom stereocenters. The topological polar surface area (TPSA) is 70.2 Å². The van der Waals surface area contributed by atoms with Gasteiger partial charge in [0, 0.05) is 30.6 Å². The quantitative estimate of drug-likeness (QED) is 0.746. The molecule has 0 saturated carbocycles. The standard InChI is InChI=1S/C16H23N3O2.ClH/c1-11(17-2)10-18-15(20)8-7-13-9-12-5-3-4-6-14(12)19-16(13)21;/h3-6,11,13,17H,7-10H2,1-2H3,(H,18,20)(H,19,21);1H. The van der Waals surface area contributed by atoms with Crippen LogP contribution in [0.25, 0.3) is 0 Å². The van der Waals surface area contributed by atoms with E-state index in [0.717, 1.165) is 11.3 Å². The molecule has 0 bridgehead atoms. The second kappa shape index (κ2) is 8.76. The SMILES string of the molecule is CNC(C)CNC(=O)CCC1Cc2ccccc2NC1=O.Cl. The maximum atomic E-state index is 12.0. The van der Waals surface area contributed by atoms with Crippen molar-refractivity contribution in [3.05, 3.63) is 29.8 Å². The third-order valence-electron chi connectivity index (χ3n) is 3.93. The van der Waals surface area contributed by atoms with Gasteiger partial charge in [-0.05, 0) is 38.4 Å². The van der Waals surface area contributed by atoms with E-state index in [2.05, 4.69) is 16.0 Å². The maximum Gasteiger partial charge on any atom is 0.227 e. The van der Waals surface area contributed by atoms with Crippen LogP contribution in [0.2, 0.25) is 0 Å². The summed E-state index contributed by atoms with van der Waals surface area (Å²) in [6, 6.07) is 8.07. The molecule has 2 amide bonds. The van der Waals surface area contributed by atoms with Crippen LogP contribution in [-0.4, -0.2) is 31.4 Å². The first-order valence-electron chi connectivity index (χ1n) is 7.43. The first kappa shape index (κ1) is 18.5. The Balaban J connectivity index is 0.00000242. The van der Waals surface area contributed by atoms with Crippen LogP contribution in [0.1, 0.15) is 25.3 Å². The van der Waals surface area contributed by atoms with E-state index < -0.39 is 0 Å². The Bertz CT molecular complexity index is 522. The molecule has 5 nitrogen and oxygen atoms in total. The molecule has 3 N–H and O–H groups in total. The number of nitrogens with one attached hydrogen (secondary N) is 3. The van der Waals surface area contributed by atoms with E-state index in [9.17, 15) is 9.59 Å². The van der Waals surface area contributed by atoms with Crippen molar-refractivity contribution in [1.82, 2.24) is 10.6 Å². The van der Waals surface area contributed by atoms with E-state index in [1.54, 1.807) is 0 Å². The summed E-state index contributed by atoms with van der Waals surface area (Å²) in [4.78, 5) is 23.8. The summed E-state index contributed by atoms with van der Waals surface area (Å²) in [7, 11) is 1.86. The Kier molecular flexibility index (Phi) is 7.35. The van der Waals surface area contributed by atoms with Crippen LogP contribution in [0.15, 0.2) is 24.3 Å². The van der Waals surface area contributed by atoms with Gasteiger partial charge in [-0.25, -0.2) is 0 Å². The molecular weight excluding hydrogens is 302 g/mol. The number of amides is 2. The Morgan fingerprint density at radius 1 is 1.41 bits per heavy atom. The zero-order valence-electron chi connectivity index (χ0n) is 13.0. The van der Waals surface area contributed by atoms with Gasteiger partial charge in [0.25, 0.3) is 0 Å². The number of fused-ring (bicyclic) bond motifs is 1. The predicted octanol–water partition coefficient (Wildman–Crippen LogP) is 1.72. The predicted molar refractivity (Wildman–Crippen MR) is 90.3 cm³/mol. The number of para-hydroxylation sites is 1. The van der Waals surface area contributed by atoms with Crippen LogP contribution in [0, 0.1) is 5.92 Å². The van der Waals surface area contributed by atoms with Gasteiger partial charge < -0.3 is 16.0 Å². The lowest BCUT2D eigenvalue weighted by Crippen LogP contribution is -2.37. The van der Waals surface area contributed by atoms with E-state index in [4.69, 9.17) is 0 Å². The third-order valence-corrected chi connectivity index (χ3v) is 3.93. The molecule has 6 heteroatoms. The molecular formula is C16H24ClN3O2. The Morgan fingerprint density at radius 2 is 2.14 bits per heavy atom. The number of rotatable bonds is 6.